The third kappa shape index (κ3) is 7.92. The Hall–Kier alpha value is -2.91. The van der Waals surface area contributed by atoms with E-state index in [9.17, 15) is 18.0 Å². The molecule has 0 aromatic heterocycles. The second-order valence-corrected chi connectivity index (χ2v) is 8.17. The third-order valence-electron chi connectivity index (χ3n) is 4.23. The van der Waals surface area contributed by atoms with Crippen LogP contribution in [0.1, 0.15) is 17.5 Å². The van der Waals surface area contributed by atoms with Gasteiger partial charge in [0.1, 0.15) is 0 Å². The quantitative estimate of drug-likeness (QED) is 0.567. The second-order valence-electron chi connectivity index (χ2n) is 6.61. The van der Waals surface area contributed by atoms with Crippen LogP contribution in [-0.2, 0) is 27.8 Å². The molecular weight excluding hydrogens is 392 g/mol. The van der Waals surface area contributed by atoms with Crippen LogP contribution in [-0.4, -0.2) is 45.4 Å². The van der Waals surface area contributed by atoms with Crippen molar-refractivity contribution in [2.24, 2.45) is 5.14 Å². The van der Waals surface area contributed by atoms with E-state index in [0.29, 0.717) is 19.5 Å². The molecule has 0 saturated heterocycles. The van der Waals surface area contributed by atoms with Gasteiger partial charge in [0.25, 0.3) is 0 Å². The molecule has 29 heavy (non-hydrogen) atoms. The van der Waals surface area contributed by atoms with Crippen LogP contribution in [0.2, 0.25) is 0 Å². The normalized spacial score (nSPS) is 11.0. The van der Waals surface area contributed by atoms with Crippen molar-refractivity contribution in [1.29, 1.82) is 0 Å². The Labute approximate surface area is 171 Å². The summed E-state index contributed by atoms with van der Waals surface area (Å²) in [6, 6.07) is 15.6. The number of nitrogens with one attached hydrogen (secondary N) is 2. The van der Waals surface area contributed by atoms with Gasteiger partial charge < -0.3 is 15.5 Å². The Bertz CT molecular complexity index is 915. The van der Waals surface area contributed by atoms with Crippen molar-refractivity contribution in [1.82, 2.24) is 15.5 Å². The molecule has 0 spiro atoms. The summed E-state index contributed by atoms with van der Waals surface area (Å²) in [4.78, 5) is 25.6. The number of nitrogens with two attached hydrogens (primary N) is 1. The summed E-state index contributed by atoms with van der Waals surface area (Å²) < 4.78 is 22.4. The van der Waals surface area contributed by atoms with Gasteiger partial charge in [-0.15, -0.1) is 0 Å². The molecule has 2 aromatic carbocycles. The summed E-state index contributed by atoms with van der Waals surface area (Å²) in [6.45, 7) is 1.14. The molecule has 0 heterocycles. The molecule has 3 amide bonds. The Morgan fingerprint density at radius 3 is 2.21 bits per heavy atom. The maximum atomic E-state index is 12.1. The lowest BCUT2D eigenvalue weighted by molar-refractivity contribution is -0.120. The highest BCUT2D eigenvalue weighted by Crippen LogP contribution is 2.09. The van der Waals surface area contributed by atoms with Gasteiger partial charge in [0.15, 0.2) is 0 Å². The van der Waals surface area contributed by atoms with Crippen LogP contribution in [0, 0.1) is 0 Å². The van der Waals surface area contributed by atoms with Crippen molar-refractivity contribution in [3.05, 3.63) is 65.7 Å². The maximum Gasteiger partial charge on any atom is 0.317 e. The number of amides is 3. The number of carbonyl (C=O) groups excluding carboxylic acids is 2. The molecule has 0 saturated carbocycles. The number of hydrogen-bond donors (Lipinski definition) is 3. The van der Waals surface area contributed by atoms with E-state index >= 15 is 0 Å². The Balaban J connectivity index is 1.63. The van der Waals surface area contributed by atoms with E-state index in [4.69, 9.17) is 5.14 Å². The highest BCUT2D eigenvalue weighted by molar-refractivity contribution is 7.89. The SMILES string of the molecule is CN(Cc1ccccc1)C(=O)NCCC(=O)NCCc1ccc(S(N)(=O)=O)cc1. The van der Waals surface area contributed by atoms with Gasteiger partial charge in [0, 0.05) is 33.1 Å². The van der Waals surface area contributed by atoms with Crippen molar-refractivity contribution in [3.8, 4) is 0 Å². The highest BCUT2D eigenvalue weighted by Gasteiger charge is 2.10. The predicted octanol–water partition coefficient (Wildman–Crippen LogP) is 1.22. The van der Waals surface area contributed by atoms with Gasteiger partial charge in [-0.3, -0.25) is 4.79 Å². The van der Waals surface area contributed by atoms with E-state index in [2.05, 4.69) is 10.6 Å². The van der Waals surface area contributed by atoms with Crippen LogP contribution < -0.4 is 15.8 Å². The van der Waals surface area contributed by atoms with Gasteiger partial charge in [0.05, 0.1) is 4.90 Å². The van der Waals surface area contributed by atoms with Crippen molar-refractivity contribution in [2.45, 2.75) is 24.3 Å². The minimum Gasteiger partial charge on any atom is -0.356 e. The molecular formula is C20H26N4O4S. The van der Waals surface area contributed by atoms with E-state index in [1.807, 2.05) is 30.3 Å². The number of carbonyl (C=O) groups is 2. The topological polar surface area (TPSA) is 122 Å². The van der Waals surface area contributed by atoms with E-state index in [-0.39, 0.29) is 29.8 Å². The minimum absolute atomic E-state index is 0.0539. The van der Waals surface area contributed by atoms with Crippen LogP contribution in [0.25, 0.3) is 0 Å². The first kappa shape index (κ1) is 22.4. The van der Waals surface area contributed by atoms with Gasteiger partial charge in [0.2, 0.25) is 15.9 Å². The van der Waals surface area contributed by atoms with Crippen molar-refractivity contribution < 1.29 is 18.0 Å². The number of primary sulfonamides is 1. The lowest BCUT2D eigenvalue weighted by atomic mass is 10.1. The monoisotopic (exact) mass is 418 g/mol. The fourth-order valence-corrected chi connectivity index (χ4v) is 3.14. The molecule has 8 nitrogen and oxygen atoms in total. The van der Waals surface area contributed by atoms with Gasteiger partial charge in [-0.2, -0.15) is 0 Å². The fraction of sp³-hybridized carbons (Fsp3) is 0.300. The molecule has 0 unspecified atom stereocenters. The molecule has 0 aliphatic heterocycles. The summed E-state index contributed by atoms with van der Waals surface area (Å²) in [7, 11) is -2.00. The molecule has 0 fully saturated rings. The molecule has 4 N–H and O–H groups in total. The highest BCUT2D eigenvalue weighted by atomic mass is 32.2. The number of nitrogens with zero attached hydrogens (tertiary/aromatic N) is 1. The van der Waals surface area contributed by atoms with Gasteiger partial charge in [-0.1, -0.05) is 42.5 Å². The molecule has 2 rings (SSSR count). The molecule has 0 radical (unpaired) electrons. The molecule has 0 aliphatic rings. The van der Waals surface area contributed by atoms with Gasteiger partial charge >= 0.3 is 6.03 Å². The molecule has 2 aromatic rings. The number of urea groups is 1. The number of rotatable bonds is 9. The zero-order valence-electron chi connectivity index (χ0n) is 16.3. The second kappa shape index (κ2) is 10.6. The first-order valence-corrected chi connectivity index (χ1v) is 10.7. The van der Waals surface area contributed by atoms with Crippen LogP contribution in [0.3, 0.4) is 0 Å². The van der Waals surface area contributed by atoms with E-state index in [0.717, 1.165) is 11.1 Å². The summed E-state index contributed by atoms with van der Waals surface area (Å²) in [5.74, 6) is -0.169. The predicted molar refractivity (Wildman–Crippen MR) is 110 cm³/mol. The van der Waals surface area contributed by atoms with Crippen molar-refractivity contribution >= 4 is 22.0 Å². The first-order valence-electron chi connectivity index (χ1n) is 9.17. The van der Waals surface area contributed by atoms with Crippen LogP contribution >= 0.6 is 0 Å². The number of benzene rings is 2. The van der Waals surface area contributed by atoms with Crippen molar-refractivity contribution in [3.63, 3.8) is 0 Å². The minimum atomic E-state index is -3.70. The van der Waals surface area contributed by atoms with Gasteiger partial charge in [-0.25, -0.2) is 18.4 Å². The van der Waals surface area contributed by atoms with Crippen LogP contribution in [0.15, 0.2) is 59.5 Å². The zero-order valence-corrected chi connectivity index (χ0v) is 17.1. The fourth-order valence-electron chi connectivity index (χ4n) is 2.63. The summed E-state index contributed by atoms with van der Waals surface area (Å²) in [5.41, 5.74) is 1.91. The Morgan fingerprint density at radius 2 is 1.59 bits per heavy atom. The Kier molecular flexibility index (Phi) is 8.17. The summed E-state index contributed by atoms with van der Waals surface area (Å²) in [5, 5.41) is 10.5. The number of sulfonamides is 1. The standard InChI is InChI=1S/C20H26N4O4S/c1-24(15-17-5-3-2-4-6-17)20(26)23-14-12-19(25)22-13-11-16-7-9-18(10-8-16)29(21,27)28/h2-10H,11-15H2,1H3,(H,22,25)(H,23,26)(H2,21,27,28). The van der Waals surface area contributed by atoms with E-state index < -0.39 is 10.0 Å². The molecule has 156 valence electrons. The largest absolute Gasteiger partial charge is 0.356 e. The summed E-state index contributed by atoms with van der Waals surface area (Å²) >= 11 is 0. The maximum absolute atomic E-state index is 12.1. The Morgan fingerprint density at radius 1 is 0.931 bits per heavy atom. The lowest BCUT2D eigenvalue weighted by Gasteiger charge is -2.18. The first-order chi connectivity index (χ1) is 13.8. The van der Waals surface area contributed by atoms with Gasteiger partial charge in [-0.05, 0) is 29.7 Å². The number of hydrogen-bond acceptors (Lipinski definition) is 4. The van der Waals surface area contributed by atoms with Crippen LogP contribution in [0.5, 0.6) is 0 Å². The molecule has 0 bridgehead atoms. The van der Waals surface area contributed by atoms with E-state index in [1.165, 1.54) is 12.1 Å². The molecule has 0 atom stereocenters. The smallest absolute Gasteiger partial charge is 0.317 e. The summed E-state index contributed by atoms with van der Waals surface area (Å²) in [6.07, 6.45) is 0.734. The van der Waals surface area contributed by atoms with Crippen LogP contribution in [0.4, 0.5) is 4.79 Å². The average molecular weight is 419 g/mol. The average Bonchev–Trinajstić information content (AvgIpc) is 2.68. The van der Waals surface area contributed by atoms with E-state index in [1.54, 1.807) is 24.1 Å². The molecule has 9 heteroatoms. The third-order valence-corrected chi connectivity index (χ3v) is 5.15. The zero-order chi connectivity index (χ0) is 21.3. The van der Waals surface area contributed by atoms with Crippen molar-refractivity contribution in [2.75, 3.05) is 20.1 Å². The molecule has 0 aliphatic carbocycles. The lowest BCUT2D eigenvalue weighted by Crippen LogP contribution is -2.39.